The predicted molar refractivity (Wildman–Crippen MR) is 77.4 cm³/mol. The summed E-state index contributed by atoms with van der Waals surface area (Å²) in [5.41, 5.74) is 0. The molecule has 2 N–H and O–H groups in total. The fourth-order valence-electron chi connectivity index (χ4n) is 2.66. The third kappa shape index (κ3) is 3.85. The Bertz CT molecular complexity index is 347. The molecule has 0 spiro atoms. The van der Waals surface area contributed by atoms with Gasteiger partial charge in [-0.15, -0.1) is 0 Å². The molecular formula is C14H27N3O3. The topological polar surface area (TPSA) is 70.7 Å². The number of alkyl carbamates (subject to hydrolysis) is 1. The first kappa shape index (κ1) is 16.8. The molecule has 0 radical (unpaired) electrons. The van der Waals surface area contributed by atoms with Gasteiger partial charge in [0.2, 0.25) is 5.91 Å². The number of carbonyl (C=O) groups is 2. The summed E-state index contributed by atoms with van der Waals surface area (Å²) in [6.07, 6.45) is 1.44. The van der Waals surface area contributed by atoms with E-state index in [-0.39, 0.29) is 23.9 Å². The molecule has 6 nitrogen and oxygen atoms in total. The third-order valence-corrected chi connectivity index (χ3v) is 4.01. The lowest BCUT2D eigenvalue weighted by molar-refractivity contribution is -0.135. The number of likely N-dealkylation sites (N-methyl/N-ethyl adjacent to an activating group) is 1. The molecule has 0 saturated carbocycles. The molecule has 3 atom stereocenters. The Morgan fingerprint density at radius 1 is 1.30 bits per heavy atom. The van der Waals surface area contributed by atoms with E-state index in [1.54, 1.807) is 0 Å². The molecule has 1 saturated heterocycles. The number of methoxy groups -OCH3 is 1. The second-order valence-electron chi connectivity index (χ2n) is 5.68. The van der Waals surface area contributed by atoms with Crippen LogP contribution in [0, 0.1) is 5.92 Å². The average Bonchev–Trinajstić information content (AvgIpc) is 2.91. The lowest BCUT2D eigenvalue weighted by atomic mass is 10.0. The van der Waals surface area contributed by atoms with Crippen molar-refractivity contribution in [3.05, 3.63) is 0 Å². The van der Waals surface area contributed by atoms with Crippen LogP contribution in [0.15, 0.2) is 0 Å². The molecule has 116 valence electrons. The van der Waals surface area contributed by atoms with Gasteiger partial charge in [0.1, 0.15) is 6.04 Å². The van der Waals surface area contributed by atoms with Crippen molar-refractivity contribution in [3.63, 3.8) is 0 Å². The molecule has 0 aliphatic carbocycles. The van der Waals surface area contributed by atoms with E-state index in [9.17, 15) is 9.59 Å². The van der Waals surface area contributed by atoms with E-state index in [4.69, 9.17) is 0 Å². The van der Waals surface area contributed by atoms with Crippen LogP contribution in [-0.2, 0) is 9.53 Å². The SMILES string of the molecule is CNC(C)C1CCCN1C(=O)[C@@H](NC(=O)OC)C(C)C. The molecule has 0 aromatic carbocycles. The average molecular weight is 285 g/mol. The van der Waals surface area contributed by atoms with Crippen LogP contribution in [0.3, 0.4) is 0 Å². The van der Waals surface area contributed by atoms with Crippen molar-refractivity contribution >= 4 is 12.0 Å². The summed E-state index contributed by atoms with van der Waals surface area (Å²) < 4.78 is 4.61. The first-order valence-electron chi connectivity index (χ1n) is 7.24. The maximum atomic E-state index is 12.7. The summed E-state index contributed by atoms with van der Waals surface area (Å²) in [6, 6.07) is -0.104. The summed E-state index contributed by atoms with van der Waals surface area (Å²) in [6.45, 7) is 6.67. The molecule has 1 aliphatic rings. The van der Waals surface area contributed by atoms with Gasteiger partial charge < -0.3 is 20.3 Å². The number of nitrogens with one attached hydrogen (secondary N) is 2. The van der Waals surface area contributed by atoms with Gasteiger partial charge in [-0.05, 0) is 32.7 Å². The summed E-state index contributed by atoms with van der Waals surface area (Å²) >= 11 is 0. The summed E-state index contributed by atoms with van der Waals surface area (Å²) in [7, 11) is 3.21. The monoisotopic (exact) mass is 285 g/mol. The van der Waals surface area contributed by atoms with E-state index < -0.39 is 12.1 Å². The number of hydrogen-bond acceptors (Lipinski definition) is 4. The highest BCUT2D eigenvalue weighted by Crippen LogP contribution is 2.22. The lowest BCUT2D eigenvalue weighted by Gasteiger charge is -2.33. The zero-order valence-electron chi connectivity index (χ0n) is 13.1. The molecule has 0 aromatic heterocycles. The van der Waals surface area contributed by atoms with Crippen molar-refractivity contribution in [2.45, 2.75) is 51.7 Å². The van der Waals surface area contributed by atoms with E-state index in [2.05, 4.69) is 22.3 Å². The Kier molecular flexibility index (Phi) is 6.26. The highest BCUT2D eigenvalue weighted by Gasteiger charge is 2.37. The van der Waals surface area contributed by atoms with Crippen LogP contribution in [0.25, 0.3) is 0 Å². The molecule has 1 heterocycles. The minimum Gasteiger partial charge on any atom is -0.453 e. The van der Waals surface area contributed by atoms with E-state index in [1.807, 2.05) is 25.8 Å². The van der Waals surface area contributed by atoms with Crippen LogP contribution < -0.4 is 10.6 Å². The zero-order valence-corrected chi connectivity index (χ0v) is 13.1. The number of carbonyl (C=O) groups excluding carboxylic acids is 2. The number of rotatable bonds is 5. The largest absolute Gasteiger partial charge is 0.453 e. The lowest BCUT2D eigenvalue weighted by Crippen LogP contribution is -2.55. The fraction of sp³-hybridized carbons (Fsp3) is 0.857. The zero-order chi connectivity index (χ0) is 15.3. The molecule has 2 unspecified atom stereocenters. The van der Waals surface area contributed by atoms with Gasteiger partial charge >= 0.3 is 6.09 Å². The van der Waals surface area contributed by atoms with Crippen LogP contribution in [0.5, 0.6) is 0 Å². The van der Waals surface area contributed by atoms with Crippen LogP contribution >= 0.6 is 0 Å². The van der Waals surface area contributed by atoms with Crippen LogP contribution in [0.2, 0.25) is 0 Å². The number of nitrogens with zero attached hydrogens (tertiary/aromatic N) is 1. The molecule has 0 aromatic rings. The van der Waals surface area contributed by atoms with Gasteiger partial charge in [-0.3, -0.25) is 4.79 Å². The predicted octanol–water partition coefficient (Wildman–Crippen LogP) is 0.966. The van der Waals surface area contributed by atoms with Crippen LogP contribution in [-0.4, -0.2) is 55.7 Å². The van der Waals surface area contributed by atoms with Gasteiger partial charge in [-0.1, -0.05) is 13.8 Å². The molecule has 1 aliphatic heterocycles. The fourth-order valence-corrected chi connectivity index (χ4v) is 2.66. The second-order valence-corrected chi connectivity index (χ2v) is 5.68. The number of amides is 2. The normalized spacial score (nSPS) is 21.7. The Balaban J connectivity index is 2.80. The van der Waals surface area contributed by atoms with Crippen molar-refractivity contribution in [3.8, 4) is 0 Å². The van der Waals surface area contributed by atoms with Gasteiger partial charge in [0, 0.05) is 18.6 Å². The Morgan fingerprint density at radius 2 is 1.95 bits per heavy atom. The summed E-state index contributed by atoms with van der Waals surface area (Å²) in [5.74, 6) is 0.00254. The quantitative estimate of drug-likeness (QED) is 0.789. The minimum atomic E-state index is -0.561. The Morgan fingerprint density at radius 3 is 2.45 bits per heavy atom. The van der Waals surface area contributed by atoms with Crippen molar-refractivity contribution in [1.82, 2.24) is 15.5 Å². The number of ether oxygens (including phenoxy) is 1. The molecule has 20 heavy (non-hydrogen) atoms. The highest BCUT2D eigenvalue weighted by molar-refractivity contribution is 5.86. The molecule has 1 rings (SSSR count). The van der Waals surface area contributed by atoms with Crippen molar-refractivity contribution in [2.24, 2.45) is 5.92 Å². The van der Waals surface area contributed by atoms with Crippen molar-refractivity contribution < 1.29 is 14.3 Å². The standard InChI is InChI=1S/C14H27N3O3/c1-9(2)12(16-14(19)20-5)13(18)17-8-6-7-11(17)10(3)15-4/h9-12,15H,6-8H2,1-5H3,(H,16,19)/t10?,11?,12-/m0/s1. The molecule has 0 bridgehead atoms. The van der Waals surface area contributed by atoms with Gasteiger partial charge in [-0.2, -0.15) is 0 Å². The molecule has 6 heteroatoms. The van der Waals surface area contributed by atoms with Gasteiger partial charge in [0.25, 0.3) is 0 Å². The first-order valence-corrected chi connectivity index (χ1v) is 7.24. The maximum absolute atomic E-state index is 12.7. The molecule has 2 amide bonds. The van der Waals surface area contributed by atoms with Gasteiger partial charge in [0.05, 0.1) is 7.11 Å². The number of hydrogen-bond donors (Lipinski definition) is 2. The summed E-state index contributed by atoms with van der Waals surface area (Å²) in [4.78, 5) is 26.0. The van der Waals surface area contributed by atoms with E-state index in [0.29, 0.717) is 0 Å². The molecule has 1 fully saturated rings. The van der Waals surface area contributed by atoms with E-state index in [1.165, 1.54) is 7.11 Å². The third-order valence-electron chi connectivity index (χ3n) is 4.01. The van der Waals surface area contributed by atoms with Crippen LogP contribution in [0.4, 0.5) is 4.79 Å². The van der Waals surface area contributed by atoms with E-state index >= 15 is 0 Å². The molecular weight excluding hydrogens is 258 g/mol. The smallest absolute Gasteiger partial charge is 0.407 e. The van der Waals surface area contributed by atoms with Gasteiger partial charge in [0.15, 0.2) is 0 Å². The van der Waals surface area contributed by atoms with E-state index in [0.717, 1.165) is 19.4 Å². The Hall–Kier alpha value is -1.30. The second kappa shape index (κ2) is 7.47. The van der Waals surface area contributed by atoms with Crippen LogP contribution in [0.1, 0.15) is 33.6 Å². The summed E-state index contributed by atoms with van der Waals surface area (Å²) in [5, 5.41) is 5.85. The van der Waals surface area contributed by atoms with Crippen molar-refractivity contribution in [2.75, 3.05) is 20.7 Å². The number of likely N-dealkylation sites (tertiary alicyclic amines) is 1. The highest BCUT2D eigenvalue weighted by atomic mass is 16.5. The van der Waals surface area contributed by atoms with Gasteiger partial charge in [-0.25, -0.2) is 4.79 Å². The first-order chi connectivity index (χ1) is 9.42. The Labute approximate surface area is 121 Å². The maximum Gasteiger partial charge on any atom is 0.407 e. The minimum absolute atomic E-state index is 0.0185. The van der Waals surface area contributed by atoms with Crippen molar-refractivity contribution in [1.29, 1.82) is 0 Å².